The van der Waals surface area contributed by atoms with E-state index in [0.29, 0.717) is 23.6 Å². The Morgan fingerprint density at radius 1 is 1.38 bits per heavy atom. The van der Waals surface area contributed by atoms with E-state index < -0.39 is 0 Å². The van der Waals surface area contributed by atoms with Crippen molar-refractivity contribution in [3.05, 3.63) is 52.6 Å². The summed E-state index contributed by atoms with van der Waals surface area (Å²) in [5.74, 6) is -0.247. The molecule has 2 rings (SSSR count). The summed E-state index contributed by atoms with van der Waals surface area (Å²) in [7, 11) is 3.98. The summed E-state index contributed by atoms with van der Waals surface area (Å²) in [4.78, 5) is 2.06. The van der Waals surface area contributed by atoms with Crippen molar-refractivity contribution in [2.45, 2.75) is 19.0 Å². The van der Waals surface area contributed by atoms with Crippen LogP contribution in [-0.2, 0) is 13.0 Å². The van der Waals surface area contributed by atoms with Gasteiger partial charge in [0.2, 0.25) is 0 Å². The van der Waals surface area contributed by atoms with Crippen LogP contribution < -0.4 is 5.73 Å². The van der Waals surface area contributed by atoms with Crippen LogP contribution in [0, 0.1) is 5.82 Å². The van der Waals surface area contributed by atoms with Crippen LogP contribution in [0.1, 0.15) is 17.3 Å². The Kier molecular flexibility index (Phi) is 5.33. The summed E-state index contributed by atoms with van der Waals surface area (Å²) < 4.78 is 15.5. The Morgan fingerprint density at radius 3 is 2.76 bits per heavy atom. The van der Waals surface area contributed by atoms with Gasteiger partial charge in [0.25, 0.3) is 0 Å². The van der Waals surface area contributed by atoms with E-state index in [1.54, 1.807) is 29.1 Å². The van der Waals surface area contributed by atoms with E-state index in [-0.39, 0.29) is 11.9 Å². The van der Waals surface area contributed by atoms with Crippen LogP contribution in [0.2, 0.25) is 5.02 Å². The number of aromatic nitrogens is 2. The first-order chi connectivity index (χ1) is 9.99. The van der Waals surface area contributed by atoms with E-state index in [1.165, 1.54) is 6.07 Å². The fourth-order valence-corrected chi connectivity index (χ4v) is 2.49. The van der Waals surface area contributed by atoms with Gasteiger partial charge in [-0.2, -0.15) is 5.10 Å². The highest BCUT2D eigenvalue weighted by atomic mass is 35.5. The van der Waals surface area contributed by atoms with Crippen LogP contribution in [0.4, 0.5) is 4.39 Å². The molecule has 0 aliphatic heterocycles. The zero-order valence-corrected chi connectivity index (χ0v) is 13.0. The minimum absolute atomic E-state index is 0.247. The maximum Gasteiger partial charge on any atom is 0.126 e. The van der Waals surface area contributed by atoms with Gasteiger partial charge in [-0.3, -0.25) is 4.68 Å². The number of hydrogen-bond donors (Lipinski definition) is 1. The first kappa shape index (κ1) is 15.9. The molecule has 1 heterocycles. The Hall–Kier alpha value is -1.43. The molecule has 0 bridgehead atoms. The number of hydrogen-bond acceptors (Lipinski definition) is 3. The van der Waals surface area contributed by atoms with Gasteiger partial charge in [-0.05, 0) is 32.1 Å². The molecule has 2 N–H and O–H groups in total. The minimum atomic E-state index is -0.390. The third kappa shape index (κ3) is 4.03. The molecule has 6 heteroatoms. The van der Waals surface area contributed by atoms with E-state index in [9.17, 15) is 4.39 Å². The molecule has 0 spiro atoms. The van der Waals surface area contributed by atoms with Crippen molar-refractivity contribution in [2.75, 3.05) is 20.6 Å². The molecule has 0 saturated carbocycles. The van der Waals surface area contributed by atoms with E-state index in [4.69, 9.17) is 17.3 Å². The molecule has 1 aromatic heterocycles. The second kappa shape index (κ2) is 7.02. The molecule has 1 unspecified atom stereocenters. The normalized spacial score (nSPS) is 12.9. The van der Waals surface area contributed by atoms with Crippen LogP contribution in [0.3, 0.4) is 0 Å². The van der Waals surface area contributed by atoms with Crippen molar-refractivity contribution in [2.24, 2.45) is 5.73 Å². The maximum absolute atomic E-state index is 13.7. The fraction of sp³-hybridized carbons (Fsp3) is 0.400. The molecule has 0 aliphatic rings. The second-order valence-corrected chi connectivity index (χ2v) is 5.71. The third-order valence-corrected chi connectivity index (χ3v) is 3.63. The van der Waals surface area contributed by atoms with Crippen molar-refractivity contribution in [1.29, 1.82) is 0 Å². The number of benzene rings is 1. The highest BCUT2D eigenvalue weighted by Crippen LogP contribution is 2.24. The SMILES string of the molecule is CN(C)CCn1ncc(Cl)c1C(N)Cc1ccccc1F. The summed E-state index contributed by atoms with van der Waals surface area (Å²) >= 11 is 6.19. The highest BCUT2D eigenvalue weighted by Gasteiger charge is 2.18. The van der Waals surface area contributed by atoms with Gasteiger partial charge in [0, 0.05) is 6.54 Å². The highest BCUT2D eigenvalue weighted by molar-refractivity contribution is 6.31. The fourth-order valence-electron chi connectivity index (χ4n) is 2.21. The molecule has 0 saturated heterocycles. The number of nitrogens with two attached hydrogens (primary N) is 1. The molecule has 2 aromatic rings. The average Bonchev–Trinajstić information content (AvgIpc) is 2.80. The van der Waals surface area contributed by atoms with Crippen molar-refractivity contribution in [3.63, 3.8) is 0 Å². The quantitative estimate of drug-likeness (QED) is 0.891. The predicted octanol–water partition coefficient (Wildman–Crippen LogP) is 2.48. The van der Waals surface area contributed by atoms with Crippen LogP contribution in [0.25, 0.3) is 0 Å². The summed E-state index contributed by atoms with van der Waals surface area (Å²) in [6.45, 7) is 1.53. The number of nitrogens with zero attached hydrogens (tertiary/aromatic N) is 3. The van der Waals surface area contributed by atoms with Crippen LogP contribution >= 0.6 is 11.6 Å². The van der Waals surface area contributed by atoms with Gasteiger partial charge in [0.1, 0.15) is 5.82 Å². The van der Waals surface area contributed by atoms with Crippen LogP contribution in [0.15, 0.2) is 30.5 Å². The van der Waals surface area contributed by atoms with Gasteiger partial charge in [-0.25, -0.2) is 4.39 Å². The molecule has 0 aliphatic carbocycles. The predicted molar refractivity (Wildman–Crippen MR) is 82.8 cm³/mol. The lowest BCUT2D eigenvalue weighted by molar-refractivity contribution is 0.366. The van der Waals surface area contributed by atoms with Crippen LogP contribution in [-0.4, -0.2) is 35.3 Å². The molecule has 0 amide bonds. The summed E-state index contributed by atoms with van der Waals surface area (Å²) in [6.07, 6.45) is 1.98. The first-order valence-electron chi connectivity index (χ1n) is 6.84. The van der Waals surface area contributed by atoms with E-state index in [0.717, 1.165) is 12.2 Å². The maximum atomic E-state index is 13.7. The summed E-state index contributed by atoms with van der Waals surface area (Å²) in [5, 5.41) is 4.78. The van der Waals surface area contributed by atoms with Crippen LogP contribution in [0.5, 0.6) is 0 Å². The van der Waals surface area contributed by atoms with Crippen molar-refractivity contribution in [3.8, 4) is 0 Å². The number of likely N-dealkylation sites (N-methyl/N-ethyl adjacent to an activating group) is 1. The molecule has 21 heavy (non-hydrogen) atoms. The van der Waals surface area contributed by atoms with Gasteiger partial charge in [-0.1, -0.05) is 29.8 Å². The Labute approximate surface area is 129 Å². The Morgan fingerprint density at radius 2 is 2.10 bits per heavy atom. The van der Waals surface area contributed by atoms with Gasteiger partial charge >= 0.3 is 0 Å². The standard InChI is InChI=1S/C15H20ClFN4/c1-20(2)7-8-21-15(12(16)10-19-21)14(18)9-11-5-3-4-6-13(11)17/h3-6,10,14H,7-9,18H2,1-2H3. The molecule has 1 atom stereocenters. The number of rotatable bonds is 6. The lowest BCUT2D eigenvalue weighted by atomic mass is 10.0. The van der Waals surface area contributed by atoms with Crippen molar-refractivity contribution in [1.82, 2.24) is 14.7 Å². The lowest BCUT2D eigenvalue weighted by Crippen LogP contribution is -2.24. The molecule has 1 aromatic carbocycles. The van der Waals surface area contributed by atoms with E-state index in [2.05, 4.69) is 10.00 Å². The summed E-state index contributed by atoms with van der Waals surface area (Å²) in [5.41, 5.74) is 7.56. The minimum Gasteiger partial charge on any atom is -0.322 e. The molecular formula is C15H20ClFN4. The van der Waals surface area contributed by atoms with Crippen molar-refractivity contribution >= 4 is 11.6 Å². The Bertz CT molecular complexity index is 597. The molecular weight excluding hydrogens is 291 g/mol. The van der Waals surface area contributed by atoms with Gasteiger partial charge < -0.3 is 10.6 Å². The van der Waals surface area contributed by atoms with Gasteiger partial charge in [0.05, 0.1) is 29.5 Å². The summed E-state index contributed by atoms with van der Waals surface area (Å²) in [6, 6.07) is 6.25. The zero-order valence-electron chi connectivity index (χ0n) is 12.3. The topological polar surface area (TPSA) is 47.1 Å². The number of halogens is 2. The first-order valence-corrected chi connectivity index (χ1v) is 7.21. The average molecular weight is 311 g/mol. The molecule has 4 nitrogen and oxygen atoms in total. The van der Waals surface area contributed by atoms with Gasteiger partial charge in [-0.15, -0.1) is 0 Å². The lowest BCUT2D eigenvalue weighted by Gasteiger charge is -2.17. The second-order valence-electron chi connectivity index (χ2n) is 5.31. The molecule has 0 radical (unpaired) electrons. The van der Waals surface area contributed by atoms with Crippen molar-refractivity contribution < 1.29 is 4.39 Å². The third-order valence-electron chi connectivity index (χ3n) is 3.34. The smallest absolute Gasteiger partial charge is 0.126 e. The Balaban J connectivity index is 2.17. The molecule has 0 fully saturated rings. The van der Waals surface area contributed by atoms with E-state index >= 15 is 0 Å². The van der Waals surface area contributed by atoms with E-state index in [1.807, 2.05) is 14.1 Å². The van der Waals surface area contributed by atoms with Gasteiger partial charge in [0.15, 0.2) is 0 Å². The monoisotopic (exact) mass is 310 g/mol. The largest absolute Gasteiger partial charge is 0.322 e. The molecule has 114 valence electrons. The zero-order chi connectivity index (χ0) is 15.4.